The van der Waals surface area contributed by atoms with Crippen LogP contribution in [0.3, 0.4) is 0 Å². The summed E-state index contributed by atoms with van der Waals surface area (Å²) in [5.74, 6) is 0.800. The lowest BCUT2D eigenvalue weighted by Crippen LogP contribution is -2.27. The fourth-order valence-corrected chi connectivity index (χ4v) is 3.86. The minimum Gasteiger partial charge on any atom is -0.329 e. The van der Waals surface area contributed by atoms with Crippen LogP contribution in [0.4, 0.5) is 0 Å². The molecule has 17 heavy (non-hydrogen) atoms. The molecule has 1 aliphatic rings. The van der Waals surface area contributed by atoms with Crippen LogP contribution in [0.1, 0.15) is 32.1 Å². The van der Waals surface area contributed by atoms with Gasteiger partial charge in [-0.3, -0.25) is 0 Å². The van der Waals surface area contributed by atoms with Crippen molar-refractivity contribution in [2.75, 3.05) is 6.54 Å². The van der Waals surface area contributed by atoms with Crippen LogP contribution in [0.15, 0.2) is 29.2 Å². The van der Waals surface area contributed by atoms with E-state index in [1.54, 1.807) is 0 Å². The molecule has 1 atom stereocenters. The summed E-state index contributed by atoms with van der Waals surface area (Å²) in [6, 6.07) is 8.10. The molecule has 0 bridgehead atoms. The van der Waals surface area contributed by atoms with Crippen molar-refractivity contribution < 1.29 is 0 Å². The summed E-state index contributed by atoms with van der Waals surface area (Å²) < 4.78 is 0. The maximum absolute atomic E-state index is 5.93. The Bertz CT molecular complexity index is 333. The molecular weight excluding hydrogens is 250 g/mol. The quantitative estimate of drug-likeness (QED) is 0.823. The molecule has 0 aromatic heterocycles. The molecule has 2 N–H and O–H groups in total. The van der Waals surface area contributed by atoms with Crippen LogP contribution in [0, 0.1) is 5.92 Å². The summed E-state index contributed by atoms with van der Waals surface area (Å²) in [6.45, 7) is 0.776. The van der Waals surface area contributed by atoms with Crippen LogP contribution in [0.25, 0.3) is 0 Å². The first-order chi connectivity index (χ1) is 8.29. The highest BCUT2D eigenvalue weighted by Crippen LogP contribution is 2.35. The number of hydrogen-bond donors (Lipinski definition) is 1. The van der Waals surface area contributed by atoms with Crippen molar-refractivity contribution in [3.05, 3.63) is 29.3 Å². The fraction of sp³-hybridized carbons (Fsp3) is 0.571. The topological polar surface area (TPSA) is 26.0 Å². The van der Waals surface area contributed by atoms with Crippen LogP contribution in [0.2, 0.25) is 5.02 Å². The van der Waals surface area contributed by atoms with Crippen LogP contribution < -0.4 is 5.73 Å². The molecule has 1 unspecified atom stereocenters. The van der Waals surface area contributed by atoms with Gasteiger partial charge in [0.2, 0.25) is 0 Å². The Hall–Kier alpha value is -0.180. The Morgan fingerprint density at radius 1 is 1.18 bits per heavy atom. The third-order valence-electron chi connectivity index (χ3n) is 3.51. The molecule has 2 rings (SSSR count). The molecule has 0 amide bonds. The van der Waals surface area contributed by atoms with E-state index in [1.807, 2.05) is 23.9 Å². The molecule has 94 valence electrons. The third-order valence-corrected chi connectivity index (χ3v) is 5.19. The summed E-state index contributed by atoms with van der Waals surface area (Å²) >= 11 is 7.82. The Labute approximate surface area is 113 Å². The van der Waals surface area contributed by atoms with E-state index >= 15 is 0 Å². The van der Waals surface area contributed by atoms with Gasteiger partial charge in [0.05, 0.1) is 0 Å². The van der Waals surface area contributed by atoms with Gasteiger partial charge in [0.1, 0.15) is 0 Å². The molecule has 0 spiro atoms. The predicted molar refractivity (Wildman–Crippen MR) is 76.7 cm³/mol. The van der Waals surface area contributed by atoms with Gasteiger partial charge in [-0.15, -0.1) is 11.8 Å². The molecule has 1 aliphatic carbocycles. The van der Waals surface area contributed by atoms with Crippen LogP contribution in [-0.2, 0) is 0 Å². The Balaban J connectivity index is 1.96. The summed E-state index contributed by atoms with van der Waals surface area (Å²) in [5.41, 5.74) is 5.93. The molecular formula is C14H20ClNS. The monoisotopic (exact) mass is 269 g/mol. The Kier molecular flexibility index (Phi) is 5.20. The van der Waals surface area contributed by atoms with Crippen molar-refractivity contribution in [1.29, 1.82) is 0 Å². The van der Waals surface area contributed by atoms with Gasteiger partial charge in [0.25, 0.3) is 0 Å². The van der Waals surface area contributed by atoms with Gasteiger partial charge in [0.15, 0.2) is 0 Å². The van der Waals surface area contributed by atoms with Crippen molar-refractivity contribution in [3.8, 4) is 0 Å². The Morgan fingerprint density at radius 2 is 1.82 bits per heavy atom. The zero-order valence-corrected chi connectivity index (χ0v) is 11.6. The van der Waals surface area contributed by atoms with E-state index in [-0.39, 0.29) is 0 Å². The number of benzene rings is 1. The van der Waals surface area contributed by atoms with Crippen LogP contribution >= 0.6 is 23.4 Å². The second-order valence-corrected chi connectivity index (χ2v) is 6.49. The zero-order chi connectivity index (χ0) is 12.1. The summed E-state index contributed by atoms with van der Waals surface area (Å²) in [7, 11) is 0. The molecule has 1 saturated carbocycles. The first-order valence-electron chi connectivity index (χ1n) is 6.42. The smallest absolute Gasteiger partial charge is 0.0406 e. The molecule has 0 aliphatic heterocycles. The van der Waals surface area contributed by atoms with Gasteiger partial charge in [-0.2, -0.15) is 0 Å². The van der Waals surface area contributed by atoms with Crippen molar-refractivity contribution in [1.82, 2.24) is 0 Å². The minimum absolute atomic E-state index is 0.566. The van der Waals surface area contributed by atoms with Crippen LogP contribution in [0.5, 0.6) is 0 Å². The first kappa shape index (κ1) is 13.3. The highest BCUT2D eigenvalue weighted by atomic mass is 35.5. The second-order valence-electron chi connectivity index (χ2n) is 4.74. The van der Waals surface area contributed by atoms with Gasteiger partial charge in [-0.1, -0.05) is 30.9 Å². The molecule has 0 heterocycles. The number of rotatable bonds is 4. The second kappa shape index (κ2) is 6.67. The van der Waals surface area contributed by atoms with E-state index in [0.717, 1.165) is 17.5 Å². The van der Waals surface area contributed by atoms with Crippen LogP contribution in [-0.4, -0.2) is 11.8 Å². The van der Waals surface area contributed by atoms with Gasteiger partial charge < -0.3 is 5.73 Å². The lowest BCUT2D eigenvalue weighted by Gasteiger charge is -2.29. The molecule has 1 nitrogen and oxygen atoms in total. The van der Waals surface area contributed by atoms with E-state index < -0.39 is 0 Å². The van der Waals surface area contributed by atoms with Crippen molar-refractivity contribution in [3.63, 3.8) is 0 Å². The lowest BCUT2D eigenvalue weighted by molar-refractivity contribution is 0.351. The highest BCUT2D eigenvalue weighted by molar-refractivity contribution is 8.00. The molecule has 1 aromatic carbocycles. The first-order valence-corrected chi connectivity index (χ1v) is 7.67. The summed E-state index contributed by atoms with van der Waals surface area (Å²) in [6.07, 6.45) is 6.86. The molecule has 3 heteroatoms. The SMILES string of the molecule is NCC(Sc1ccc(Cl)cc1)C1CCCCC1. The van der Waals surface area contributed by atoms with E-state index in [9.17, 15) is 0 Å². The van der Waals surface area contributed by atoms with Gasteiger partial charge in [0, 0.05) is 21.7 Å². The maximum Gasteiger partial charge on any atom is 0.0406 e. The lowest BCUT2D eigenvalue weighted by atomic mass is 9.87. The number of hydrogen-bond acceptors (Lipinski definition) is 2. The number of halogens is 1. The van der Waals surface area contributed by atoms with E-state index in [4.69, 9.17) is 17.3 Å². The van der Waals surface area contributed by atoms with Crippen molar-refractivity contribution in [2.24, 2.45) is 11.7 Å². The van der Waals surface area contributed by atoms with Gasteiger partial charge in [-0.05, 0) is 43.0 Å². The molecule has 1 aromatic rings. The summed E-state index contributed by atoms with van der Waals surface area (Å²) in [5, 5.41) is 1.37. The highest BCUT2D eigenvalue weighted by Gasteiger charge is 2.23. The molecule has 1 fully saturated rings. The molecule has 0 radical (unpaired) electrons. The number of thioether (sulfide) groups is 1. The summed E-state index contributed by atoms with van der Waals surface area (Å²) in [4.78, 5) is 1.29. The molecule has 0 saturated heterocycles. The third kappa shape index (κ3) is 3.90. The standard InChI is InChI=1S/C14H20ClNS/c15-12-6-8-13(9-7-12)17-14(10-16)11-4-2-1-3-5-11/h6-9,11,14H,1-5,10,16H2. The van der Waals surface area contributed by atoms with Crippen molar-refractivity contribution >= 4 is 23.4 Å². The van der Waals surface area contributed by atoms with E-state index in [0.29, 0.717) is 5.25 Å². The average molecular weight is 270 g/mol. The predicted octanol–water partition coefficient (Wildman–Crippen LogP) is 4.34. The fourth-order valence-electron chi connectivity index (χ4n) is 2.53. The van der Waals surface area contributed by atoms with E-state index in [1.165, 1.54) is 37.0 Å². The average Bonchev–Trinajstić information content (AvgIpc) is 2.39. The van der Waals surface area contributed by atoms with Gasteiger partial charge >= 0.3 is 0 Å². The number of nitrogens with two attached hydrogens (primary N) is 1. The van der Waals surface area contributed by atoms with Gasteiger partial charge in [-0.25, -0.2) is 0 Å². The largest absolute Gasteiger partial charge is 0.329 e. The van der Waals surface area contributed by atoms with Crippen molar-refractivity contribution in [2.45, 2.75) is 42.2 Å². The zero-order valence-electron chi connectivity index (χ0n) is 10.1. The Morgan fingerprint density at radius 3 is 2.41 bits per heavy atom. The normalized spacial score (nSPS) is 19.2. The maximum atomic E-state index is 5.93. The van der Waals surface area contributed by atoms with E-state index in [2.05, 4.69) is 12.1 Å². The minimum atomic E-state index is 0.566.